The van der Waals surface area contributed by atoms with E-state index in [0.717, 1.165) is 62.6 Å². The van der Waals surface area contributed by atoms with E-state index < -0.39 is 0 Å². The number of methoxy groups -OCH3 is 5. The lowest BCUT2D eigenvalue weighted by molar-refractivity contribution is 0.111. The summed E-state index contributed by atoms with van der Waals surface area (Å²) in [6.45, 7) is 9.47. The standard InChI is InChI=1S/C8H16O.2C7H14O.C6H12O.C5H10O.2CH4/c1-9-7-8-5-3-2-4-6-8;1-7(2)4-6(7)5-8-3;1-8-6-7-4-2-3-5-7;1-7-5-6-3-2-4-6;1-6-4-5-2-3-5;;/h8H,2-7H2,1H3;6H,4-5H2,1-3H3;7H,2-6H2,1H3;6H,2-5H2,1H3;5H,2-4H2,1H3;2*1H4. The Balaban J connectivity index is 0. The fraction of sp³-hybridized carbons (Fsp3) is 1.00. The van der Waals surface area contributed by atoms with Crippen LogP contribution >= 0.6 is 0 Å². The lowest BCUT2D eigenvalue weighted by atomic mass is 9.86. The quantitative estimate of drug-likeness (QED) is 0.260. The third-order valence-corrected chi connectivity index (χ3v) is 8.82. The SMILES string of the molecule is C.C.COCC1CC1.COCC1CC1(C)C.COCC1CCC1.COCC1CCCC1.COCC1CCCCC1. The topological polar surface area (TPSA) is 46.2 Å². The molecule has 5 heteroatoms. The number of ether oxygens (including phenoxy) is 5. The van der Waals surface area contributed by atoms with Gasteiger partial charge in [0.1, 0.15) is 0 Å². The van der Waals surface area contributed by atoms with Gasteiger partial charge in [0.2, 0.25) is 0 Å². The first-order valence-electron chi connectivity index (χ1n) is 15.8. The Labute approximate surface area is 252 Å². The zero-order chi connectivity index (χ0) is 28.1. The summed E-state index contributed by atoms with van der Waals surface area (Å²) < 4.78 is 24.9. The molecule has 5 aliphatic rings. The fourth-order valence-electron chi connectivity index (χ4n) is 5.48. The van der Waals surface area contributed by atoms with Crippen LogP contribution in [0, 0.1) is 35.0 Å². The normalized spacial score (nSPS) is 23.0. The van der Waals surface area contributed by atoms with Crippen LogP contribution in [0.5, 0.6) is 0 Å². The van der Waals surface area contributed by atoms with Gasteiger partial charge < -0.3 is 23.7 Å². The van der Waals surface area contributed by atoms with Crippen LogP contribution in [-0.2, 0) is 23.7 Å². The molecule has 5 aliphatic carbocycles. The predicted octanol–water partition coefficient (Wildman–Crippen LogP) is 9.46. The molecule has 0 amide bonds. The van der Waals surface area contributed by atoms with Crippen molar-refractivity contribution in [3.8, 4) is 0 Å². The molecule has 0 saturated heterocycles. The molecule has 5 fully saturated rings. The number of hydrogen-bond acceptors (Lipinski definition) is 5. The molecule has 0 N–H and O–H groups in total. The molecule has 0 heterocycles. The highest BCUT2D eigenvalue weighted by Gasteiger charge is 2.45. The van der Waals surface area contributed by atoms with Crippen molar-refractivity contribution in [1.82, 2.24) is 0 Å². The van der Waals surface area contributed by atoms with Crippen molar-refractivity contribution in [1.29, 1.82) is 0 Å². The minimum Gasteiger partial charge on any atom is -0.384 e. The maximum Gasteiger partial charge on any atom is 0.0495 e. The Morgan fingerprint density at radius 1 is 0.425 bits per heavy atom. The van der Waals surface area contributed by atoms with Crippen molar-refractivity contribution in [3.05, 3.63) is 0 Å². The highest BCUT2D eigenvalue weighted by Crippen LogP contribution is 2.51. The van der Waals surface area contributed by atoms with Gasteiger partial charge >= 0.3 is 0 Å². The van der Waals surface area contributed by atoms with Crippen LogP contribution in [-0.4, -0.2) is 68.6 Å². The Bertz CT molecular complexity index is 496. The Hall–Kier alpha value is -0.200. The minimum atomic E-state index is 0. The Morgan fingerprint density at radius 3 is 0.875 bits per heavy atom. The summed E-state index contributed by atoms with van der Waals surface area (Å²) in [6, 6.07) is 0. The van der Waals surface area contributed by atoms with Crippen LogP contribution in [0.1, 0.15) is 125 Å². The maximum atomic E-state index is 5.08. The molecule has 0 aromatic carbocycles. The zero-order valence-corrected chi connectivity index (χ0v) is 26.6. The third kappa shape index (κ3) is 22.4. The highest BCUT2D eigenvalue weighted by molar-refractivity contribution is 4.94. The van der Waals surface area contributed by atoms with Crippen molar-refractivity contribution >= 4 is 0 Å². The number of rotatable bonds is 10. The molecule has 5 nitrogen and oxygen atoms in total. The molecule has 0 aromatic heterocycles. The van der Waals surface area contributed by atoms with E-state index in [4.69, 9.17) is 23.7 Å². The van der Waals surface area contributed by atoms with Gasteiger partial charge in [-0.3, -0.25) is 0 Å². The Morgan fingerprint density at radius 2 is 0.700 bits per heavy atom. The lowest BCUT2D eigenvalue weighted by Gasteiger charge is -2.23. The van der Waals surface area contributed by atoms with Crippen molar-refractivity contribution in [3.63, 3.8) is 0 Å². The van der Waals surface area contributed by atoms with Crippen molar-refractivity contribution in [2.45, 2.75) is 125 Å². The van der Waals surface area contributed by atoms with Crippen LogP contribution in [0.2, 0.25) is 0 Å². The monoisotopic (exact) mass is 575 g/mol. The smallest absolute Gasteiger partial charge is 0.0495 e. The van der Waals surface area contributed by atoms with E-state index in [0.29, 0.717) is 5.41 Å². The summed E-state index contributed by atoms with van der Waals surface area (Å²) in [6.07, 6.45) is 21.1. The van der Waals surface area contributed by atoms with Gasteiger partial charge in [-0.15, -0.1) is 0 Å². The summed E-state index contributed by atoms with van der Waals surface area (Å²) in [5.41, 5.74) is 0.593. The first-order chi connectivity index (χ1) is 18.4. The van der Waals surface area contributed by atoms with Crippen molar-refractivity contribution < 1.29 is 23.7 Å². The van der Waals surface area contributed by atoms with Crippen LogP contribution < -0.4 is 0 Å². The highest BCUT2D eigenvalue weighted by atomic mass is 16.5. The minimum absolute atomic E-state index is 0. The van der Waals surface area contributed by atoms with E-state index in [-0.39, 0.29) is 14.9 Å². The van der Waals surface area contributed by atoms with Crippen LogP contribution in [0.15, 0.2) is 0 Å². The Kier molecular flexibility index (Phi) is 27.7. The second-order valence-electron chi connectivity index (χ2n) is 13.1. The molecule has 0 spiro atoms. The van der Waals surface area contributed by atoms with Gasteiger partial charge in [-0.05, 0) is 92.8 Å². The third-order valence-electron chi connectivity index (χ3n) is 8.82. The first kappa shape index (κ1) is 41.9. The molecule has 0 aromatic rings. The summed E-state index contributed by atoms with van der Waals surface area (Å²) >= 11 is 0. The van der Waals surface area contributed by atoms with Gasteiger partial charge in [-0.2, -0.15) is 0 Å². The van der Waals surface area contributed by atoms with Crippen molar-refractivity contribution in [2.24, 2.45) is 35.0 Å². The van der Waals surface area contributed by atoms with Gasteiger partial charge in [-0.1, -0.05) is 67.2 Å². The second-order valence-corrected chi connectivity index (χ2v) is 13.1. The van der Waals surface area contributed by atoms with E-state index >= 15 is 0 Å². The molecule has 244 valence electrons. The molecule has 5 rings (SSSR count). The zero-order valence-electron chi connectivity index (χ0n) is 26.6. The summed E-state index contributed by atoms with van der Waals surface area (Å²) in [5.74, 6) is 4.44. The molecule has 0 aliphatic heterocycles. The molecule has 0 radical (unpaired) electrons. The lowest BCUT2D eigenvalue weighted by Crippen LogP contribution is -2.16. The van der Waals surface area contributed by atoms with E-state index in [1.54, 1.807) is 35.5 Å². The second kappa shape index (κ2) is 26.4. The predicted molar refractivity (Wildman–Crippen MR) is 173 cm³/mol. The van der Waals surface area contributed by atoms with Gasteiger partial charge in [0, 0.05) is 68.6 Å². The maximum absolute atomic E-state index is 5.08. The largest absolute Gasteiger partial charge is 0.384 e. The van der Waals surface area contributed by atoms with E-state index in [9.17, 15) is 0 Å². The van der Waals surface area contributed by atoms with Gasteiger partial charge in [0.15, 0.2) is 0 Å². The summed E-state index contributed by atoms with van der Waals surface area (Å²) in [5, 5.41) is 0. The van der Waals surface area contributed by atoms with Gasteiger partial charge in [-0.25, -0.2) is 0 Å². The average Bonchev–Trinajstić information content (AvgIpc) is 3.74. The molecule has 5 saturated carbocycles. The van der Waals surface area contributed by atoms with Crippen LogP contribution in [0.4, 0.5) is 0 Å². The molecule has 1 unspecified atom stereocenters. The summed E-state index contributed by atoms with van der Waals surface area (Å²) in [7, 11) is 8.90. The number of hydrogen-bond donors (Lipinski definition) is 0. The van der Waals surface area contributed by atoms with Crippen LogP contribution in [0.3, 0.4) is 0 Å². The first-order valence-corrected chi connectivity index (χ1v) is 15.8. The van der Waals surface area contributed by atoms with Gasteiger partial charge in [0.25, 0.3) is 0 Å². The van der Waals surface area contributed by atoms with Crippen LogP contribution in [0.25, 0.3) is 0 Å². The van der Waals surface area contributed by atoms with E-state index in [2.05, 4.69) is 13.8 Å². The fourth-order valence-corrected chi connectivity index (χ4v) is 5.48. The van der Waals surface area contributed by atoms with E-state index in [1.807, 2.05) is 0 Å². The molecule has 40 heavy (non-hydrogen) atoms. The van der Waals surface area contributed by atoms with Crippen molar-refractivity contribution in [2.75, 3.05) is 68.6 Å². The average molecular weight is 575 g/mol. The summed E-state index contributed by atoms with van der Waals surface area (Å²) in [4.78, 5) is 0. The molecule has 0 bridgehead atoms. The molecular weight excluding hydrogens is 500 g/mol. The van der Waals surface area contributed by atoms with Gasteiger partial charge in [0.05, 0.1) is 0 Å². The van der Waals surface area contributed by atoms with E-state index in [1.165, 1.54) is 96.3 Å². The molecule has 1 atom stereocenters. The molecular formula is C35H74O5.